The fourth-order valence-corrected chi connectivity index (χ4v) is 2.22. The van der Waals surface area contributed by atoms with Gasteiger partial charge in [-0.1, -0.05) is 30.3 Å². The summed E-state index contributed by atoms with van der Waals surface area (Å²) in [5.74, 6) is 0.739. The van der Waals surface area contributed by atoms with Crippen LogP contribution in [-0.2, 0) is 11.3 Å². The maximum Gasteiger partial charge on any atom is 0.410 e. The topological polar surface area (TPSA) is 66.0 Å². The van der Waals surface area contributed by atoms with E-state index in [1.54, 1.807) is 11.9 Å². The molecule has 0 aromatic heterocycles. The number of ether oxygens (including phenoxy) is 1. The maximum atomic E-state index is 11.9. The molecular formula is C17H27IN4O2. The minimum Gasteiger partial charge on any atom is -0.444 e. The van der Waals surface area contributed by atoms with E-state index in [0.717, 1.165) is 5.96 Å². The number of carbonyl (C=O) groups is 1. The molecule has 1 saturated heterocycles. The number of halogens is 1. The highest BCUT2D eigenvalue weighted by Crippen LogP contribution is 2.15. The van der Waals surface area contributed by atoms with Crippen LogP contribution in [0.2, 0.25) is 0 Å². The molecule has 24 heavy (non-hydrogen) atoms. The second kappa shape index (κ2) is 9.10. The molecule has 1 aliphatic heterocycles. The molecule has 2 N–H and O–H groups in total. The molecule has 0 atom stereocenters. The minimum atomic E-state index is -0.455. The first-order chi connectivity index (χ1) is 10.9. The maximum absolute atomic E-state index is 11.9. The fraction of sp³-hybridized carbons (Fsp3) is 0.529. The van der Waals surface area contributed by atoms with Crippen LogP contribution in [0.1, 0.15) is 26.3 Å². The predicted molar refractivity (Wildman–Crippen MR) is 107 cm³/mol. The van der Waals surface area contributed by atoms with Crippen LogP contribution in [0.3, 0.4) is 0 Å². The molecule has 0 unspecified atom stereocenters. The van der Waals surface area contributed by atoms with Gasteiger partial charge in [-0.3, -0.25) is 4.99 Å². The van der Waals surface area contributed by atoms with Crippen molar-refractivity contribution in [2.75, 3.05) is 20.1 Å². The smallest absolute Gasteiger partial charge is 0.410 e. The van der Waals surface area contributed by atoms with Crippen molar-refractivity contribution in [2.24, 2.45) is 4.99 Å². The van der Waals surface area contributed by atoms with Crippen LogP contribution < -0.4 is 10.6 Å². The molecule has 0 saturated carbocycles. The van der Waals surface area contributed by atoms with Gasteiger partial charge in [-0.2, -0.15) is 0 Å². The molecular weight excluding hydrogens is 419 g/mol. The number of hydrogen-bond acceptors (Lipinski definition) is 3. The highest BCUT2D eigenvalue weighted by Gasteiger charge is 2.34. The van der Waals surface area contributed by atoms with Gasteiger partial charge in [0.25, 0.3) is 0 Å². The molecule has 0 spiro atoms. The van der Waals surface area contributed by atoms with E-state index in [0.29, 0.717) is 19.6 Å². The molecule has 0 radical (unpaired) electrons. The first kappa shape index (κ1) is 20.5. The van der Waals surface area contributed by atoms with Gasteiger partial charge in [-0.15, -0.1) is 24.0 Å². The third-order valence-electron chi connectivity index (χ3n) is 3.40. The Morgan fingerprint density at radius 3 is 2.46 bits per heavy atom. The Bertz CT molecular complexity index is 551. The number of guanidine groups is 1. The molecule has 1 aromatic rings. The van der Waals surface area contributed by atoms with Crippen molar-refractivity contribution >= 4 is 36.0 Å². The number of benzene rings is 1. The van der Waals surface area contributed by atoms with Gasteiger partial charge in [0.05, 0.1) is 6.04 Å². The van der Waals surface area contributed by atoms with Crippen LogP contribution in [-0.4, -0.2) is 48.7 Å². The Morgan fingerprint density at radius 2 is 1.92 bits per heavy atom. The number of nitrogens with one attached hydrogen (secondary N) is 2. The Morgan fingerprint density at radius 1 is 1.29 bits per heavy atom. The van der Waals surface area contributed by atoms with Crippen LogP contribution in [0.15, 0.2) is 35.3 Å². The zero-order chi connectivity index (χ0) is 16.9. The van der Waals surface area contributed by atoms with Crippen molar-refractivity contribution in [3.05, 3.63) is 35.9 Å². The summed E-state index contributed by atoms with van der Waals surface area (Å²) in [7, 11) is 1.74. The highest BCUT2D eigenvalue weighted by molar-refractivity contribution is 14.0. The average Bonchev–Trinajstić information content (AvgIpc) is 2.44. The molecule has 1 aromatic carbocycles. The highest BCUT2D eigenvalue weighted by atomic mass is 127. The second-order valence-electron chi connectivity index (χ2n) is 6.64. The monoisotopic (exact) mass is 446 g/mol. The minimum absolute atomic E-state index is 0. The Hall–Kier alpha value is -1.51. The largest absolute Gasteiger partial charge is 0.444 e. The number of rotatable bonds is 3. The second-order valence-corrected chi connectivity index (χ2v) is 6.64. The zero-order valence-corrected chi connectivity index (χ0v) is 17.0. The van der Waals surface area contributed by atoms with Gasteiger partial charge in [0.2, 0.25) is 0 Å². The summed E-state index contributed by atoms with van der Waals surface area (Å²) in [5, 5.41) is 6.58. The molecule has 1 heterocycles. The average molecular weight is 446 g/mol. The fourth-order valence-electron chi connectivity index (χ4n) is 2.22. The number of amides is 1. The van der Waals surface area contributed by atoms with Gasteiger partial charge in [-0.05, 0) is 26.3 Å². The van der Waals surface area contributed by atoms with Crippen LogP contribution in [0.4, 0.5) is 4.79 Å². The van der Waals surface area contributed by atoms with E-state index < -0.39 is 5.60 Å². The van der Waals surface area contributed by atoms with Crippen LogP contribution in [0, 0.1) is 0 Å². The van der Waals surface area contributed by atoms with E-state index >= 15 is 0 Å². The SMILES string of the molecule is CN=C(NCc1ccccc1)NC1CN(C(=O)OC(C)(C)C)C1.I. The normalized spacial score (nSPS) is 15.2. The molecule has 1 fully saturated rings. The third-order valence-corrected chi connectivity index (χ3v) is 3.40. The van der Waals surface area contributed by atoms with Crippen molar-refractivity contribution in [1.82, 2.24) is 15.5 Å². The zero-order valence-electron chi connectivity index (χ0n) is 14.7. The lowest BCUT2D eigenvalue weighted by atomic mass is 10.1. The molecule has 0 aliphatic carbocycles. The number of nitrogens with zero attached hydrogens (tertiary/aromatic N) is 2. The van der Waals surface area contributed by atoms with Gasteiger partial charge in [0, 0.05) is 26.7 Å². The lowest BCUT2D eigenvalue weighted by molar-refractivity contribution is 0.00701. The summed E-state index contributed by atoms with van der Waals surface area (Å²) in [5.41, 5.74) is 0.738. The molecule has 1 aliphatic rings. The predicted octanol–water partition coefficient (Wildman–Crippen LogP) is 2.59. The van der Waals surface area contributed by atoms with E-state index in [9.17, 15) is 4.79 Å². The summed E-state index contributed by atoms with van der Waals surface area (Å²) in [6, 6.07) is 10.3. The Labute approximate surface area is 161 Å². The van der Waals surface area contributed by atoms with E-state index in [4.69, 9.17) is 4.74 Å². The van der Waals surface area contributed by atoms with Gasteiger partial charge in [0.15, 0.2) is 5.96 Å². The first-order valence-corrected chi connectivity index (χ1v) is 7.86. The third kappa shape index (κ3) is 6.54. The lowest BCUT2D eigenvalue weighted by Crippen LogP contribution is -2.63. The first-order valence-electron chi connectivity index (χ1n) is 7.86. The van der Waals surface area contributed by atoms with Gasteiger partial charge < -0.3 is 20.3 Å². The molecule has 134 valence electrons. The Balaban J connectivity index is 0.00000288. The van der Waals surface area contributed by atoms with Gasteiger partial charge >= 0.3 is 6.09 Å². The van der Waals surface area contributed by atoms with Crippen molar-refractivity contribution in [2.45, 2.75) is 39.0 Å². The van der Waals surface area contributed by atoms with Crippen molar-refractivity contribution < 1.29 is 9.53 Å². The number of carbonyl (C=O) groups excluding carboxylic acids is 1. The van der Waals surface area contributed by atoms with Gasteiger partial charge in [-0.25, -0.2) is 4.79 Å². The summed E-state index contributed by atoms with van der Waals surface area (Å²) in [6.45, 7) is 7.58. The summed E-state index contributed by atoms with van der Waals surface area (Å²) < 4.78 is 5.34. The molecule has 1 amide bonds. The van der Waals surface area contributed by atoms with Crippen molar-refractivity contribution in [1.29, 1.82) is 0 Å². The van der Waals surface area contributed by atoms with Crippen LogP contribution >= 0.6 is 24.0 Å². The molecule has 0 bridgehead atoms. The van der Waals surface area contributed by atoms with Gasteiger partial charge in [0.1, 0.15) is 5.60 Å². The van der Waals surface area contributed by atoms with E-state index in [1.807, 2.05) is 39.0 Å². The quantitative estimate of drug-likeness (QED) is 0.426. The summed E-state index contributed by atoms with van der Waals surface area (Å²) in [6.07, 6.45) is -0.261. The van der Waals surface area contributed by atoms with E-state index in [1.165, 1.54) is 5.56 Å². The summed E-state index contributed by atoms with van der Waals surface area (Å²) in [4.78, 5) is 17.8. The number of hydrogen-bond donors (Lipinski definition) is 2. The standard InChI is InChI=1S/C17H26N4O2.HI/c1-17(2,3)23-16(22)21-11-14(12-21)20-15(18-4)19-10-13-8-6-5-7-9-13;/h5-9,14H,10-12H2,1-4H3,(H2,18,19,20);1H. The number of aliphatic imine (C=N–C) groups is 1. The van der Waals surface area contributed by atoms with Crippen molar-refractivity contribution in [3.8, 4) is 0 Å². The van der Waals surface area contributed by atoms with E-state index in [2.05, 4.69) is 27.8 Å². The molecule has 7 heteroatoms. The van der Waals surface area contributed by atoms with Crippen molar-refractivity contribution in [3.63, 3.8) is 0 Å². The van der Waals surface area contributed by atoms with Crippen LogP contribution in [0.25, 0.3) is 0 Å². The molecule has 6 nitrogen and oxygen atoms in total. The molecule has 2 rings (SSSR count). The number of likely N-dealkylation sites (tertiary alicyclic amines) is 1. The van der Waals surface area contributed by atoms with Crippen LogP contribution in [0.5, 0.6) is 0 Å². The summed E-state index contributed by atoms with van der Waals surface area (Å²) >= 11 is 0. The lowest BCUT2D eigenvalue weighted by Gasteiger charge is -2.40. The Kier molecular flexibility index (Phi) is 7.78. The van der Waals surface area contributed by atoms with E-state index in [-0.39, 0.29) is 36.1 Å².